The molecule has 0 aromatic heterocycles. The van der Waals surface area contributed by atoms with Gasteiger partial charge < -0.3 is 10.1 Å². The summed E-state index contributed by atoms with van der Waals surface area (Å²) < 4.78 is 5.54. The maximum Gasteiger partial charge on any atom is 0.271 e. The number of carbonyl (C=O) groups excluding carboxylic acids is 2. The first kappa shape index (κ1) is 22.3. The third-order valence-electron chi connectivity index (χ3n) is 4.17. The lowest BCUT2D eigenvalue weighted by molar-refractivity contribution is -0.118. The molecule has 0 atom stereocenters. The SMILES string of the molecule is Cc1ccc(NC(=O)COc2cccc(/C=N/NC(=O)c3ccc(Cl)cc3)c2)cc1Cl. The Morgan fingerprint density at radius 2 is 1.81 bits per heavy atom. The number of hydrogen-bond donors (Lipinski definition) is 2. The molecule has 31 heavy (non-hydrogen) atoms. The van der Waals surface area contributed by atoms with Crippen LogP contribution in [-0.2, 0) is 4.79 Å². The van der Waals surface area contributed by atoms with E-state index in [9.17, 15) is 9.59 Å². The Kier molecular flexibility index (Phi) is 7.65. The highest BCUT2D eigenvalue weighted by Crippen LogP contribution is 2.20. The predicted molar refractivity (Wildman–Crippen MR) is 123 cm³/mol. The van der Waals surface area contributed by atoms with Crippen molar-refractivity contribution in [3.63, 3.8) is 0 Å². The summed E-state index contributed by atoms with van der Waals surface area (Å²) in [6.07, 6.45) is 1.48. The highest BCUT2D eigenvalue weighted by Gasteiger charge is 2.06. The summed E-state index contributed by atoms with van der Waals surface area (Å²) in [5, 5.41) is 7.80. The summed E-state index contributed by atoms with van der Waals surface area (Å²) in [4.78, 5) is 24.1. The fourth-order valence-electron chi connectivity index (χ4n) is 2.53. The molecule has 0 radical (unpaired) electrons. The summed E-state index contributed by atoms with van der Waals surface area (Å²) in [7, 11) is 0. The van der Waals surface area contributed by atoms with Gasteiger partial charge in [-0.15, -0.1) is 0 Å². The van der Waals surface area contributed by atoms with E-state index >= 15 is 0 Å². The molecule has 0 saturated carbocycles. The number of halogens is 2. The van der Waals surface area contributed by atoms with E-state index in [1.807, 2.05) is 13.0 Å². The molecule has 0 aliphatic rings. The Labute approximate surface area is 189 Å². The molecule has 0 spiro atoms. The first-order valence-electron chi connectivity index (χ1n) is 9.28. The number of hydrogen-bond acceptors (Lipinski definition) is 4. The van der Waals surface area contributed by atoms with Gasteiger partial charge in [-0.1, -0.05) is 41.4 Å². The van der Waals surface area contributed by atoms with Gasteiger partial charge in [-0.05, 0) is 66.6 Å². The molecule has 0 fully saturated rings. The molecular formula is C23H19Cl2N3O3. The molecule has 2 N–H and O–H groups in total. The van der Waals surface area contributed by atoms with Gasteiger partial charge in [-0.2, -0.15) is 5.10 Å². The molecule has 3 aromatic rings. The average molecular weight is 456 g/mol. The van der Waals surface area contributed by atoms with Gasteiger partial charge in [-0.25, -0.2) is 5.43 Å². The second kappa shape index (κ2) is 10.6. The lowest BCUT2D eigenvalue weighted by Crippen LogP contribution is -2.20. The summed E-state index contributed by atoms with van der Waals surface area (Å²) in [6, 6.07) is 18.7. The van der Waals surface area contributed by atoms with Crippen molar-refractivity contribution in [1.29, 1.82) is 0 Å². The van der Waals surface area contributed by atoms with Crippen LogP contribution in [0.1, 0.15) is 21.5 Å². The van der Waals surface area contributed by atoms with Gasteiger partial charge in [0.1, 0.15) is 5.75 Å². The molecule has 3 rings (SSSR count). The van der Waals surface area contributed by atoms with Gasteiger partial charge in [0.25, 0.3) is 11.8 Å². The minimum Gasteiger partial charge on any atom is -0.484 e. The lowest BCUT2D eigenvalue weighted by Gasteiger charge is -2.09. The van der Waals surface area contributed by atoms with Crippen LogP contribution >= 0.6 is 23.2 Å². The molecule has 3 aromatic carbocycles. The zero-order valence-corrected chi connectivity index (χ0v) is 18.1. The Hall–Kier alpha value is -3.35. The van der Waals surface area contributed by atoms with Gasteiger partial charge >= 0.3 is 0 Å². The highest BCUT2D eigenvalue weighted by atomic mass is 35.5. The van der Waals surface area contributed by atoms with Crippen molar-refractivity contribution in [3.8, 4) is 5.75 Å². The van der Waals surface area contributed by atoms with Crippen LogP contribution < -0.4 is 15.5 Å². The number of nitrogens with zero attached hydrogens (tertiary/aromatic N) is 1. The van der Waals surface area contributed by atoms with E-state index < -0.39 is 0 Å². The summed E-state index contributed by atoms with van der Waals surface area (Å²) in [6.45, 7) is 1.72. The number of benzene rings is 3. The van der Waals surface area contributed by atoms with E-state index in [1.165, 1.54) is 6.21 Å². The smallest absolute Gasteiger partial charge is 0.271 e. The molecule has 158 valence electrons. The van der Waals surface area contributed by atoms with Crippen LogP contribution in [0.15, 0.2) is 71.8 Å². The molecule has 0 aliphatic heterocycles. The van der Waals surface area contributed by atoms with Crippen molar-refractivity contribution in [2.75, 3.05) is 11.9 Å². The molecular weight excluding hydrogens is 437 g/mol. The van der Waals surface area contributed by atoms with Crippen LogP contribution in [0.25, 0.3) is 0 Å². The van der Waals surface area contributed by atoms with Gasteiger partial charge in [0.15, 0.2) is 6.61 Å². The third-order valence-corrected chi connectivity index (χ3v) is 4.83. The van der Waals surface area contributed by atoms with Crippen LogP contribution in [0.5, 0.6) is 5.75 Å². The number of amides is 2. The number of anilines is 1. The minimum absolute atomic E-state index is 0.167. The molecule has 0 unspecified atom stereocenters. The monoisotopic (exact) mass is 455 g/mol. The van der Waals surface area contributed by atoms with Crippen molar-refractivity contribution in [3.05, 3.63) is 93.5 Å². The maximum absolute atomic E-state index is 12.1. The van der Waals surface area contributed by atoms with Crippen LogP contribution in [-0.4, -0.2) is 24.6 Å². The first-order chi connectivity index (χ1) is 14.9. The van der Waals surface area contributed by atoms with E-state index in [0.29, 0.717) is 32.6 Å². The Morgan fingerprint density at radius 1 is 1.03 bits per heavy atom. The molecule has 8 heteroatoms. The van der Waals surface area contributed by atoms with E-state index in [0.717, 1.165) is 5.56 Å². The van der Waals surface area contributed by atoms with Gasteiger partial charge in [0, 0.05) is 21.3 Å². The van der Waals surface area contributed by atoms with Crippen molar-refractivity contribution >= 4 is 46.9 Å². The standard InChI is InChI=1S/C23H19Cl2N3O3/c1-15-5-10-19(12-21(15)25)27-22(29)14-31-20-4-2-3-16(11-20)13-26-28-23(30)17-6-8-18(24)9-7-17/h2-13H,14H2,1H3,(H,27,29)(H,28,30)/b26-13+. The quantitative estimate of drug-likeness (QED) is 0.384. The maximum atomic E-state index is 12.1. The van der Waals surface area contributed by atoms with Gasteiger partial charge in [-0.3, -0.25) is 9.59 Å². The first-order valence-corrected chi connectivity index (χ1v) is 10.0. The average Bonchev–Trinajstić information content (AvgIpc) is 2.75. The van der Waals surface area contributed by atoms with E-state index in [1.54, 1.807) is 60.7 Å². The second-order valence-corrected chi connectivity index (χ2v) is 7.42. The minimum atomic E-state index is -0.354. The summed E-state index contributed by atoms with van der Waals surface area (Å²) in [5.41, 5.74) is 5.11. The van der Waals surface area contributed by atoms with Gasteiger partial charge in [0.2, 0.25) is 0 Å². The van der Waals surface area contributed by atoms with Crippen LogP contribution in [0.2, 0.25) is 10.0 Å². The molecule has 6 nitrogen and oxygen atoms in total. The van der Waals surface area contributed by atoms with Crippen molar-refractivity contribution in [2.45, 2.75) is 6.92 Å². The lowest BCUT2D eigenvalue weighted by atomic mass is 10.2. The molecule has 0 saturated heterocycles. The number of nitrogens with one attached hydrogen (secondary N) is 2. The van der Waals surface area contributed by atoms with Crippen molar-refractivity contribution in [1.82, 2.24) is 5.43 Å². The second-order valence-electron chi connectivity index (χ2n) is 6.58. The molecule has 0 aliphatic carbocycles. The highest BCUT2D eigenvalue weighted by molar-refractivity contribution is 6.31. The fourth-order valence-corrected chi connectivity index (χ4v) is 2.84. The molecule has 0 bridgehead atoms. The molecule has 0 heterocycles. The third kappa shape index (κ3) is 6.84. The Bertz CT molecular complexity index is 1120. The van der Waals surface area contributed by atoms with E-state index in [4.69, 9.17) is 27.9 Å². The molecule has 2 amide bonds. The van der Waals surface area contributed by atoms with Crippen LogP contribution in [0.3, 0.4) is 0 Å². The van der Waals surface area contributed by atoms with E-state index in [2.05, 4.69) is 15.8 Å². The zero-order chi connectivity index (χ0) is 22.2. The summed E-state index contributed by atoms with van der Waals surface area (Å²) in [5.74, 6) is -0.174. The Morgan fingerprint density at radius 3 is 2.55 bits per heavy atom. The fraction of sp³-hybridized carbons (Fsp3) is 0.0870. The zero-order valence-electron chi connectivity index (χ0n) is 16.6. The number of carbonyl (C=O) groups is 2. The van der Waals surface area contributed by atoms with Crippen LogP contribution in [0.4, 0.5) is 5.69 Å². The Balaban J connectivity index is 1.51. The topological polar surface area (TPSA) is 79.8 Å². The number of rotatable bonds is 7. The number of ether oxygens (including phenoxy) is 1. The van der Waals surface area contributed by atoms with Crippen molar-refractivity contribution in [2.24, 2.45) is 5.10 Å². The number of aryl methyl sites for hydroxylation is 1. The van der Waals surface area contributed by atoms with Crippen LogP contribution in [0, 0.1) is 6.92 Å². The largest absolute Gasteiger partial charge is 0.484 e. The van der Waals surface area contributed by atoms with E-state index in [-0.39, 0.29) is 18.4 Å². The van der Waals surface area contributed by atoms with Crippen molar-refractivity contribution < 1.29 is 14.3 Å². The predicted octanol–water partition coefficient (Wildman–Crippen LogP) is 5.08. The summed E-state index contributed by atoms with van der Waals surface area (Å²) >= 11 is 11.9. The number of hydrazone groups is 1. The normalized spacial score (nSPS) is 10.7. The van der Waals surface area contributed by atoms with Gasteiger partial charge in [0.05, 0.1) is 6.21 Å².